The van der Waals surface area contributed by atoms with Crippen molar-refractivity contribution in [2.24, 2.45) is 12.8 Å². The van der Waals surface area contributed by atoms with Crippen LogP contribution in [-0.4, -0.2) is 21.7 Å². The minimum absolute atomic E-state index is 0.0752. The lowest BCUT2D eigenvalue weighted by Gasteiger charge is -2.15. The molecule has 0 spiro atoms. The second-order valence-corrected chi connectivity index (χ2v) is 3.46. The number of nitrogens with two attached hydrogens (primary N) is 1. The molecule has 1 aromatic heterocycles. The fourth-order valence-electron chi connectivity index (χ4n) is 1.22. The summed E-state index contributed by atoms with van der Waals surface area (Å²) in [5, 5.41) is 7.13. The largest absolute Gasteiger partial charge is 0.368 e. The van der Waals surface area contributed by atoms with Gasteiger partial charge in [-0.3, -0.25) is 14.8 Å². The summed E-state index contributed by atoms with van der Waals surface area (Å²) in [4.78, 5) is 10.8. The Morgan fingerprint density at radius 2 is 2.29 bits per heavy atom. The molecule has 5 nitrogen and oxygen atoms in total. The number of aromatic nitrogens is 2. The maximum Gasteiger partial charge on any atom is 0.234 e. The molecule has 0 aliphatic rings. The fourth-order valence-corrected chi connectivity index (χ4v) is 1.22. The van der Waals surface area contributed by atoms with Crippen molar-refractivity contribution < 1.29 is 4.79 Å². The zero-order chi connectivity index (χ0) is 10.7. The summed E-state index contributed by atoms with van der Waals surface area (Å²) >= 11 is 0. The first-order chi connectivity index (χ1) is 6.50. The van der Waals surface area contributed by atoms with Crippen molar-refractivity contribution in [3.8, 4) is 0 Å². The smallest absolute Gasteiger partial charge is 0.234 e. The van der Waals surface area contributed by atoms with Crippen LogP contribution in [0.25, 0.3) is 0 Å². The van der Waals surface area contributed by atoms with Crippen molar-refractivity contribution in [3.63, 3.8) is 0 Å². The number of carbonyl (C=O) groups is 1. The Morgan fingerprint density at radius 3 is 2.71 bits per heavy atom. The van der Waals surface area contributed by atoms with E-state index in [2.05, 4.69) is 10.4 Å². The van der Waals surface area contributed by atoms with Gasteiger partial charge < -0.3 is 5.73 Å². The van der Waals surface area contributed by atoms with E-state index in [9.17, 15) is 4.79 Å². The van der Waals surface area contributed by atoms with E-state index < -0.39 is 0 Å². The van der Waals surface area contributed by atoms with Gasteiger partial charge in [-0.1, -0.05) is 0 Å². The molecule has 1 aromatic rings. The summed E-state index contributed by atoms with van der Waals surface area (Å²) in [6.07, 6.45) is 3.68. The van der Waals surface area contributed by atoms with E-state index >= 15 is 0 Å². The zero-order valence-corrected chi connectivity index (χ0v) is 8.69. The van der Waals surface area contributed by atoms with Gasteiger partial charge in [-0.05, 0) is 13.8 Å². The lowest BCUT2D eigenvalue weighted by Crippen LogP contribution is -2.39. The molecule has 1 heterocycles. The summed E-state index contributed by atoms with van der Waals surface area (Å²) in [6, 6.07) is -0.253. The first kappa shape index (κ1) is 10.7. The van der Waals surface area contributed by atoms with E-state index in [1.54, 1.807) is 17.8 Å². The third-order valence-electron chi connectivity index (χ3n) is 2.15. The van der Waals surface area contributed by atoms with Crippen LogP contribution in [0.1, 0.15) is 25.5 Å². The highest BCUT2D eigenvalue weighted by Gasteiger charge is 2.13. The van der Waals surface area contributed by atoms with Crippen LogP contribution in [0.4, 0.5) is 0 Å². The van der Waals surface area contributed by atoms with Gasteiger partial charge in [0.15, 0.2) is 0 Å². The molecule has 1 rings (SSSR count). The van der Waals surface area contributed by atoms with Crippen molar-refractivity contribution in [3.05, 3.63) is 18.0 Å². The molecule has 0 radical (unpaired) electrons. The van der Waals surface area contributed by atoms with Crippen LogP contribution >= 0.6 is 0 Å². The normalized spacial score (nSPS) is 15.1. The second-order valence-electron chi connectivity index (χ2n) is 3.46. The highest BCUT2D eigenvalue weighted by Crippen LogP contribution is 2.10. The highest BCUT2D eigenvalue weighted by atomic mass is 16.1. The topological polar surface area (TPSA) is 72.9 Å². The number of hydrogen-bond acceptors (Lipinski definition) is 3. The van der Waals surface area contributed by atoms with Gasteiger partial charge in [0.05, 0.1) is 12.2 Å². The van der Waals surface area contributed by atoms with Gasteiger partial charge in [-0.15, -0.1) is 0 Å². The molecule has 0 saturated heterocycles. The third-order valence-corrected chi connectivity index (χ3v) is 2.15. The summed E-state index contributed by atoms with van der Waals surface area (Å²) in [6.45, 7) is 3.71. The van der Waals surface area contributed by atoms with E-state index in [1.807, 2.05) is 20.2 Å². The maximum atomic E-state index is 10.8. The van der Waals surface area contributed by atoms with E-state index in [0.29, 0.717) is 0 Å². The molecule has 3 N–H and O–H groups in total. The average Bonchev–Trinajstić information content (AvgIpc) is 2.51. The molecule has 2 atom stereocenters. The van der Waals surface area contributed by atoms with Crippen molar-refractivity contribution in [1.82, 2.24) is 15.1 Å². The zero-order valence-electron chi connectivity index (χ0n) is 8.69. The monoisotopic (exact) mass is 196 g/mol. The second kappa shape index (κ2) is 4.23. The quantitative estimate of drug-likeness (QED) is 0.708. The lowest BCUT2D eigenvalue weighted by molar-refractivity contribution is -0.119. The van der Waals surface area contributed by atoms with Crippen molar-refractivity contribution >= 4 is 5.91 Å². The summed E-state index contributed by atoms with van der Waals surface area (Å²) in [5.74, 6) is -0.347. The minimum atomic E-state index is -0.347. The van der Waals surface area contributed by atoms with Crippen LogP contribution in [0.15, 0.2) is 12.4 Å². The summed E-state index contributed by atoms with van der Waals surface area (Å²) < 4.78 is 1.72. The van der Waals surface area contributed by atoms with Crippen LogP contribution in [0.2, 0.25) is 0 Å². The van der Waals surface area contributed by atoms with Gasteiger partial charge in [-0.2, -0.15) is 5.10 Å². The Morgan fingerprint density at radius 1 is 1.64 bits per heavy atom. The average molecular weight is 196 g/mol. The Hall–Kier alpha value is -1.36. The molecule has 0 aliphatic heterocycles. The number of nitrogens with zero attached hydrogens (tertiary/aromatic N) is 2. The Kier molecular flexibility index (Phi) is 3.24. The summed E-state index contributed by atoms with van der Waals surface area (Å²) in [5.41, 5.74) is 6.19. The molecule has 78 valence electrons. The predicted octanol–water partition coefficient (Wildman–Crippen LogP) is -0.0555. The molecule has 0 bridgehead atoms. The SMILES string of the molecule is CC(NC(C)c1cnn(C)c1)C(N)=O. The Balaban J connectivity index is 2.58. The molecular weight excluding hydrogens is 180 g/mol. The highest BCUT2D eigenvalue weighted by molar-refractivity contribution is 5.79. The number of rotatable bonds is 4. The third kappa shape index (κ3) is 2.56. The van der Waals surface area contributed by atoms with Gasteiger partial charge in [0, 0.05) is 24.8 Å². The molecule has 5 heteroatoms. The van der Waals surface area contributed by atoms with Crippen LogP contribution in [-0.2, 0) is 11.8 Å². The van der Waals surface area contributed by atoms with Crippen LogP contribution in [0.3, 0.4) is 0 Å². The van der Waals surface area contributed by atoms with E-state index in [4.69, 9.17) is 5.73 Å². The van der Waals surface area contributed by atoms with Crippen molar-refractivity contribution in [2.45, 2.75) is 25.9 Å². The maximum absolute atomic E-state index is 10.8. The first-order valence-electron chi connectivity index (χ1n) is 4.54. The number of hydrogen-bond donors (Lipinski definition) is 2. The number of aryl methyl sites for hydroxylation is 1. The Labute approximate surface area is 83.3 Å². The van der Waals surface area contributed by atoms with E-state index in [-0.39, 0.29) is 18.0 Å². The van der Waals surface area contributed by atoms with Crippen LogP contribution in [0, 0.1) is 0 Å². The predicted molar refractivity (Wildman–Crippen MR) is 53.4 cm³/mol. The van der Waals surface area contributed by atoms with E-state index in [0.717, 1.165) is 5.56 Å². The van der Waals surface area contributed by atoms with Gasteiger partial charge in [0.1, 0.15) is 0 Å². The van der Waals surface area contributed by atoms with E-state index in [1.165, 1.54) is 0 Å². The molecule has 0 saturated carbocycles. The number of carbonyl (C=O) groups excluding carboxylic acids is 1. The van der Waals surface area contributed by atoms with Gasteiger partial charge >= 0.3 is 0 Å². The Bertz CT molecular complexity index is 320. The molecule has 14 heavy (non-hydrogen) atoms. The molecular formula is C9H16N4O. The molecule has 2 unspecified atom stereocenters. The number of primary amides is 1. The molecule has 0 aliphatic carbocycles. The van der Waals surface area contributed by atoms with Gasteiger partial charge in [-0.25, -0.2) is 0 Å². The number of amides is 1. The lowest BCUT2D eigenvalue weighted by atomic mass is 10.1. The van der Waals surface area contributed by atoms with Crippen LogP contribution < -0.4 is 11.1 Å². The number of nitrogens with one attached hydrogen (secondary N) is 1. The van der Waals surface area contributed by atoms with Gasteiger partial charge in [0.2, 0.25) is 5.91 Å². The summed E-state index contributed by atoms with van der Waals surface area (Å²) in [7, 11) is 1.85. The molecule has 1 amide bonds. The van der Waals surface area contributed by atoms with Crippen molar-refractivity contribution in [1.29, 1.82) is 0 Å². The van der Waals surface area contributed by atoms with Crippen molar-refractivity contribution in [2.75, 3.05) is 0 Å². The molecule has 0 fully saturated rings. The first-order valence-corrected chi connectivity index (χ1v) is 4.54. The molecule has 0 aromatic carbocycles. The minimum Gasteiger partial charge on any atom is -0.368 e. The standard InChI is InChI=1S/C9H16N4O/c1-6(12-7(2)9(10)14)8-4-11-13(3)5-8/h4-7,12H,1-3H3,(H2,10,14). The van der Waals surface area contributed by atoms with Crippen LogP contribution in [0.5, 0.6) is 0 Å². The van der Waals surface area contributed by atoms with Gasteiger partial charge in [0.25, 0.3) is 0 Å². The fraction of sp³-hybridized carbons (Fsp3) is 0.556.